The summed E-state index contributed by atoms with van der Waals surface area (Å²) in [5.41, 5.74) is 7.42. The summed E-state index contributed by atoms with van der Waals surface area (Å²) in [5.74, 6) is 1.22. The van der Waals surface area contributed by atoms with Gasteiger partial charge in [-0.2, -0.15) is 0 Å². The zero-order chi connectivity index (χ0) is 23.7. The van der Waals surface area contributed by atoms with Gasteiger partial charge in [-0.1, -0.05) is 39.8 Å². The number of ether oxygens (including phenoxy) is 2. The molecule has 0 radical (unpaired) electrons. The number of benzene rings is 2. The lowest BCUT2D eigenvalue weighted by atomic mass is 10.0. The van der Waals surface area contributed by atoms with Gasteiger partial charge in [0.15, 0.2) is 11.7 Å². The summed E-state index contributed by atoms with van der Waals surface area (Å²) in [6, 6.07) is 12.7. The van der Waals surface area contributed by atoms with E-state index in [4.69, 9.17) is 21.7 Å². The molecule has 0 aliphatic carbocycles. The molecule has 0 saturated heterocycles. The van der Waals surface area contributed by atoms with Crippen molar-refractivity contribution in [3.8, 4) is 11.5 Å². The first-order valence-electron chi connectivity index (χ1n) is 10.5. The lowest BCUT2D eigenvalue weighted by Gasteiger charge is -2.15. The van der Waals surface area contributed by atoms with Crippen LogP contribution in [0.4, 0.5) is 0 Å². The van der Waals surface area contributed by atoms with E-state index >= 15 is 0 Å². The fraction of sp³-hybridized carbons (Fsp3) is 0.375. The highest BCUT2D eigenvalue weighted by Gasteiger charge is 2.12. The van der Waals surface area contributed by atoms with Crippen LogP contribution in [0.15, 0.2) is 42.5 Å². The van der Waals surface area contributed by atoms with Gasteiger partial charge in [-0.3, -0.25) is 25.8 Å². The topological polar surface area (TPSA) is 88.7 Å². The highest BCUT2D eigenvalue weighted by atomic mass is 32.1. The Labute approximate surface area is 194 Å². The number of carbonyl (C=O) groups is 2. The van der Waals surface area contributed by atoms with Crippen molar-refractivity contribution in [2.75, 3.05) is 13.2 Å². The first-order valence-corrected chi connectivity index (χ1v) is 10.9. The molecule has 0 spiro atoms. The third-order valence-electron chi connectivity index (χ3n) is 4.39. The van der Waals surface area contributed by atoms with E-state index in [1.54, 1.807) is 24.3 Å². The third kappa shape index (κ3) is 8.19. The Morgan fingerprint density at radius 2 is 1.66 bits per heavy atom. The van der Waals surface area contributed by atoms with Gasteiger partial charge in [0.25, 0.3) is 11.8 Å². The lowest BCUT2D eigenvalue weighted by Crippen LogP contribution is -2.49. The highest BCUT2D eigenvalue weighted by Crippen LogP contribution is 2.27. The number of aryl methyl sites for hydroxylation is 1. The minimum Gasteiger partial charge on any atom is -0.493 e. The van der Waals surface area contributed by atoms with Crippen LogP contribution in [0, 0.1) is 12.8 Å². The van der Waals surface area contributed by atoms with E-state index < -0.39 is 11.8 Å². The van der Waals surface area contributed by atoms with Crippen molar-refractivity contribution in [2.24, 2.45) is 5.92 Å². The van der Waals surface area contributed by atoms with E-state index in [2.05, 4.69) is 43.9 Å². The number of rotatable bonds is 8. The number of nitrogens with one attached hydrogen (secondary N) is 3. The molecule has 0 atom stereocenters. The minimum atomic E-state index is -0.426. The number of thiocarbonyl (C=S) groups is 1. The molecule has 2 amide bonds. The largest absolute Gasteiger partial charge is 0.493 e. The molecule has 32 heavy (non-hydrogen) atoms. The minimum absolute atomic E-state index is 0.0260. The quantitative estimate of drug-likeness (QED) is 0.412. The van der Waals surface area contributed by atoms with Crippen molar-refractivity contribution in [1.82, 2.24) is 16.2 Å². The molecule has 0 aliphatic rings. The summed E-state index contributed by atoms with van der Waals surface area (Å²) < 4.78 is 11.3. The fourth-order valence-corrected chi connectivity index (χ4v) is 2.87. The maximum absolute atomic E-state index is 12.3. The second-order valence-corrected chi connectivity index (χ2v) is 8.58. The number of hydrogen-bond donors (Lipinski definition) is 3. The van der Waals surface area contributed by atoms with Crippen molar-refractivity contribution in [3.63, 3.8) is 0 Å². The molecular weight excluding hydrogens is 426 g/mol. The van der Waals surface area contributed by atoms with Crippen LogP contribution in [0.25, 0.3) is 0 Å². The standard InChI is InChI=1S/C24H31N3O4S/c1-15(2)13-30-19-9-7-18(8-10-19)23(29)25-24(32)27-26-22(28)14-31-21-12-17(5)6-11-20(21)16(3)4/h6-12,15-16H,13-14H2,1-5H3,(H,26,28)(H2,25,27,29,32). The van der Waals surface area contributed by atoms with Gasteiger partial charge in [-0.05, 0) is 72.4 Å². The van der Waals surface area contributed by atoms with Crippen LogP contribution in [-0.4, -0.2) is 30.1 Å². The van der Waals surface area contributed by atoms with Gasteiger partial charge in [0.05, 0.1) is 6.61 Å². The van der Waals surface area contributed by atoms with Crippen LogP contribution in [-0.2, 0) is 4.79 Å². The molecule has 7 nitrogen and oxygen atoms in total. The van der Waals surface area contributed by atoms with Gasteiger partial charge < -0.3 is 9.47 Å². The molecule has 172 valence electrons. The summed E-state index contributed by atoms with van der Waals surface area (Å²) in [5, 5.41) is 2.49. The van der Waals surface area contributed by atoms with Crippen molar-refractivity contribution < 1.29 is 19.1 Å². The number of amides is 2. The highest BCUT2D eigenvalue weighted by molar-refractivity contribution is 7.80. The maximum Gasteiger partial charge on any atom is 0.276 e. The predicted octanol–water partition coefficient (Wildman–Crippen LogP) is 3.87. The van der Waals surface area contributed by atoms with Gasteiger partial charge in [-0.15, -0.1) is 0 Å². The van der Waals surface area contributed by atoms with Crippen molar-refractivity contribution in [1.29, 1.82) is 0 Å². The Bertz CT molecular complexity index is 943. The molecule has 0 aromatic heterocycles. The normalized spacial score (nSPS) is 10.6. The van der Waals surface area contributed by atoms with E-state index in [1.807, 2.05) is 25.1 Å². The zero-order valence-corrected chi connectivity index (χ0v) is 20.0. The molecule has 2 aromatic carbocycles. The van der Waals surface area contributed by atoms with Gasteiger partial charge >= 0.3 is 0 Å². The molecule has 0 bridgehead atoms. The van der Waals surface area contributed by atoms with Crippen molar-refractivity contribution in [2.45, 2.75) is 40.5 Å². The van der Waals surface area contributed by atoms with Gasteiger partial charge in [0.1, 0.15) is 11.5 Å². The zero-order valence-electron chi connectivity index (χ0n) is 19.2. The van der Waals surface area contributed by atoms with E-state index in [-0.39, 0.29) is 17.6 Å². The maximum atomic E-state index is 12.3. The predicted molar refractivity (Wildman–Crippen MR) is 129 cm³/mol. The van der Waals surface area contributed by atoms with Crippen LogP contribution in [0.3, 0.4) is 0 Å². The summed E-state index contributed by atoms with van der Waals surface area (Å²) in [7, 11) is 0. The van der Waals surface area contributed by atoms with E-state index in [0.717, 1.165) is 11.1 Å². The van der Waals surface area contributed by atoms with E-state index in [9.17, 15) is 9.59 Å². The number of carbonyl (C=O) groups excluding carboxylic acids is 2. The molecule has 0 unspecified atom stereocenters. The van der Waals surface area contributed by atoms with E-state index in [1.165, 1.54) is 0 Å². The molecule has 8 heteroatoms. The monoisotopic (exact) mass is 457 g/mol. The van der Waals surface area contributed by atoms with Crippen molar-refractivity contribution >= 4 is 29.1 Å². The van der Waals surface area contributed by atoms with Crippen LogP contribution >= 0.6 is 12.2 Å². The van der Waals surface area contributed by atoms with Gasteiger partial charge in [0, 0.05) is 5.56 Å². The Kier molecular flexibility index (Phi) is 9.46. The average Bonchev–Trinajstić information content (AvgIpc) is 2.74. The average molecular weight is 458 g/mol. The first-order chi connectivity index (χ1) is 15.2. The Balaban J connectivity index is 1.78. The molecule has 0 heterocycles. The molecule has 0 aliphatic heterocycles. The molecule has 0 fully saturated rings. The van der Waals surface area contributed by atoms with Crippen LogP contribution < -0.4 is 25.6 Å². The second kappa shape index (κ2) is 12.0. The fourth-order valence-electron chi connectivity index (χ4n) is 2.72. The van der Waals surface area contributed by atoms with Crippen molar-refractivity contribution in [3.05, 3.63) is 59.2 Å². The second-order valence-electron chi connectivity index (χ2n) is 8.17. The molecule has 2 rings (SSSR count). The van der Waals surface area contributed by atoms with Crippen LogP contribution in [0.2, 0.25) is 0 Å². The number of hydrogen-bond acceptors (Lipinski definition) is 5. The van der Waals surface area contributed by atoms with Gasteiger partial charge in [-0.25, -0.2) is 0 Å². The molecule has 3 N–H and O–H groups in total. The number of hydrazine groups is 1. The van der Waals surface area contributed by atoms with Crippen LogP contribution in [0.5, 0.6) is 11.5 Å². The van der Waals surface area contributed by atoms with E-state index in [0.29, 0.717) is 29.6 Å². The SMILES string of the molecule is Cc1ccc(C(C)C)c(OCC(=O)NNC(=S)NC(=O)c2ccc(OCC(C)C)cc2)c1. The van der Waals surface area contributed by atoms with Crippen LogP contribution in [0.1, 0.15) is 55.1 Å². The molecule has 2 aromatic rings. The summed E-state index contributed by atoms with van der Waals surface area (Å²) in [6.07, 6.45) is 0. The Morgan fingerprint density at radius 3 is 2.28 bits per heavy atom. The Hall–Kier alpha value is -3.13. The molecular formula is C24H31N3O4S. The van der Waals surface area contributed by atoms with Gasteiger partial charge in [0.2, 0.25) is 0 Å². The third-order valence-corrected chi connectivity index (χ3v) is 4.60. The summed E-state index contributed by atoms with van der Waals surface area (Å²) in [6.45, 7) is 10.6. The molecule has 0 saturated carbocycles. The Morgan fingerprint density at radius 1 is 0.969 bits per heavy atom. The summed E-state index contributed by atoms with van der Waals surface area (Å²) in [4.78, 5) is 24.4. The summed E-state index contributed by atoms with van der Waals surface area (Å²) >= 11 is 5.07. The lowest BCUT2D eigenvalue weighted by molar-refractivity contribution is -0.123. The smallest absolute Gasteiger partial charge is 0.276 e. The first kappa shape index (κ1) is 25.1.